The smallest absolute Gasteiger partial charge is 0.227 e. The van der Waals surface area contributed by atoms with E-state index in [4.69, 9.17) is 0 Å². The highest BCUT2D eigenvalue weighted by molar-refractivity contribution is 5.78. The number of aromatic nitrogens is 3. The summed E-state index contributed by atoms with van der Waals surface area (Å²) in [6.07, 6.45) is 4.06. The van der Waals surface area contributed by atoms with Crippen LogP contribution in [0.4, 0.5) is 0 Å². The average Bonchev–Trinajstić information content (AvgIpc) is 3.10. The first-order valence-corrected chi connectivity index (χ1v) is 9.66. The van der Waals surface area contributed by atoms with Crippen molar-refractivity contribution >= 4 is 5.91 Å². The van der Waals surface area contributed by atoms with Crippen LogP contribution in [-0.4, -0.2) is 56.7 Å². The maximum atomic E-state index is 12.5. The van der Waals surface area contributed by atoms with Crippen molar-refractivity contribution in [2.75, 3.05) is 26.2 Å². The summed E-state index contributed by atoms with van der Waals surface area (Å²) in [4.78, 5) is 21.0. The fourth-order valence-electron chi connectivity index (χ4n) is 3.58. The SMILES string of the molecule is Cn1nc(-c2ccncc2)cc1CN1CCN(C(=O)Cc2ccccc2)CC1. The van der Waals surface area contributed by atoms with Gasteiger partial charge in [0.25, 0.3) is 0 Å². The van der Waals surface area contributed by atoms with Gasteiger partial charge in [-0.3, -0.25) is 19.4 Å². The maximum Gasteiger partial charge on any atom is 0.227 e. The Morgan fingerprint density at radius 1 is 1.00 bits per heavy atom. The molecule has 1 aliphatic rings. The number of aryl methyl sites for hydroxylation is 1. The van der Waals surface area contributed by atoms with Gasteiger partial charge in [-0.2, -0.15) is 5.10 Å². The minimum Gasteiger partial charge on any atom is -0.340 e. The number of carbonyl (C=O) groups excluding carboxylic acids is 1. The van der Waals surface area contributed by atoms with Crippen LogP contribution in [0, 0.1) is 0 Å². The number of rotatable bonds is 5. The number of amides is 1. The number of benzene rings is 1. The molecule has 0 spiro atoms. The first kappa shape index (κ1) is 18.4. The third kappa shape index (κ3) is 4.28. The third-order valence-electron chi connectivity index (χ3n) is 5.26. The number of hydrogen-bond acceptors (Lipinski definition) is 4. The Hall–Kier alpha value is -2.99. The standard InChI is InChI=1S/C22H25N5O/c1-25-20(16-21(24-25)19-7-9-23-10-8-19)17-26-11-13-27(14-12-26)22(28)15-18-5-3-2-4-6-18/h2-10,16H,11-15,17H2,1H3. The summed E-state index contributed by atoms with van der Waals surface area (Å²) >= 11 is 0. The van der Waals surface area contributed by atoms with E-state index in [0.717, 1.165) is 49.5 Å². The minimum atomic E-state index is 0.214. The van der Waals surface area contributed by atoms with Gasteiger partial charge in [0.05, 0.1) is 17.8 Å². The molecule has 1 fully saturated rings. The second-order valence-electron chi connectivity index (χ2n) is 7.20. The van der Waals surface area contributed by atoms with Crippen LogP contribution in [0.3, 0.4) is 0 Å². The Morgan fingerprint density at radius 3 is 2.43 bits per heavy atom. The maximum absolute atomic E-state index is 12.5. The molecule has 3 aromatic rings. The molecular weight excluding hydrogens is 350 g/mol. The molecule has 6 heteroatoms. The molecule has 28 heavy (non-hydrogen) atoms. The lowest BCUT2D eigenvalue weighted by atomic mass is 10.1. The third-order valence-corrected chi connectivity index (χ3v) is 5.26. The van der Waals surface area contributed by atoms with E-state index in [1.165, 1.54) is 5.69 Å². The molecule has 0 atom stereocenters. The van der Waals surface area contributed by atoms with E-state index >= 15 is 0 Å². The Bertz CT molecular complexity index is 915. The molecule has 3 heterocycles. The summed E-state index contributed by atoms with van der Waals surface area (Å²) in [5, 5.41) is 4.63. The average molecular weight is 375 g/mol. The lowest BCUT2D eigenvalue weighted by molar-refractivity contribution is -0.132. The molecular formula is C22H25N5O. The van der Waals surface area contributed by atoms with Crippen molar-refractivity contribution < 1.29 is 4.79 Å². The van der Waals surface area contributed by atoms with Gasteiger partial charge < -0.3 is 4.90 Å². The molecule has 1 saturated heterocycles. The summed E-state index contributed by atoms with van der Waals surface area (Å²) < 4.78 is 1.95. The van der Waals surface area contributed by atoms with Gasteiger partial charge in [-0.05, 0) is 23.8 Å². The van der Waals surface area contributed by atoms with E-state index in [1.54, 1.807) is 12.4 Å². The highest BCUT2D eigenvalue weighted by atomic mass is 16.2. The summed E-state index contributed by atoms with van der Waals surface area (Å²) in [5.41, 5.74) is 4.30. The number of pyridine rings is 1. The molecule has 6 nitrogen and oxygen atoms in total. The predicted octanol–water partition coefficient (Wildman–Crippen LogP) is 2.37. The van der Waals surface area contributed by atoms with Crippen LogP contribution in [0.5, 0.6) is 0 Å². The Labute approximate surface area is 165 Å². The van der Waals surface area contributed by atoms with Crippen LogP contribution >= 0.6 is 0 Å². The molecule has 0 aliphatic carbocycles. The van der Waals surface area contributed by atoms with Crippen LogP contribution in [-0.2, 0) is 24.8 Å². The Kier molecular flexibility index (Phi) is 5.48. The van der Waals surface area contributed by atoms with Gasteiger partial charge in [0.1, 0.15) is 0 Å². The van der Waals surface area contributed by atoms with Crippen LogP contribution in [0.25, 0.3) is 11.3 Å². The molecule has 1 aromatic carbocycles. The monoisotopic (exact) mass is 375 g/mol. The van der Waals surface area contributed by atoms with E-state index in [-0.39, 0.29) is 5.91 Å². The lowest BCUT2D eigenvalue weighted by Crippen LogP contribution is -2.48. The Balaban J connectivity index is 1.32. The van der Waals surface area contributed by atoms with Gasteiger partial charge in [-0.1, -0.05) is 30.3 Å². The van der Waals surface area contributed by atoms with Crippen molar-refractivity contribution in [3.8, 4) is 11.3 Å². The van der Waals surface area contributed by atoms with Crippen LogP contribution in [0.2, 0.25) is 0 Å². The molecule has 1 aliphatic heterocycles. The minimum absolute atomic E-state index is 0.214. The van der Waals surface area contributed by atoms with E-state index in [2.05, 4.69) is 21.0 Å². The zero-order valence-electron chi connectivity index (χ0n) is 16.2. The summed E-state index contributed by atoms with van der Waals surface area (Å²) in [6, 6.07) is 16.1. The van der Waals surface area contributed by atoms with Gasteiger partial charge in [-0.25, -0.2) is 0 Å². The van der Waals surface area contributed by atoms with Crippen molar-refractivity contribution in [3.63, 3.8) is 0 Å². The van der Waals surface area contributed by atoms with Crippen molar-refractivity contribution in [2.24, 2.45) is 7.05 Å². The molecule has 1 amide bonds. The molecule has 0 unspecified atom stereocenters. The van der Waals surface area contributed by atoms with Gasteiger partial charge >= 0.3 is 0 Å². The van der Waals surface area contributed by atoms with Crippen LogP contribution < -0.4 is 0 Å². The molecule has 0 bridgehead atoms. The Morgan fingerprint density at radius 2 is 1.71 bits per heavy atom. The zero-order valence-corrected chi connectivity index (χ0v) is 16.2. The van der Waals surface area contributed by atoms with Gasteiger partial charge in [-0.15, -0.1) is 0 Å². The van der Waals surface area contributed by atoms with E-state index in [9.17, 15) is 4.79 Å². The topological polar surface area (TPSA) is 54.3 Å². The van der Waals surface area contributed by atoms with E-state index < -0.39 is 0 Å². The predicted molar refractivity (Wildman–Crippen MR) is 108 cm³/mol. The van der Waals surface area contributed by atoms with Crippen LogP contribution in [0.1, 0.15) is 11.3 Å². The number of piperazine rings is 1. The van der Waals surface area contributed by atoms with Gasteiger partial charge in [0, 0.05) is 57.7 Å². The summed E-state index contributed by atoms with van der Waals surface area (Å²) in [6.45, 7) is 4.17. The first-order chi connectivity index (χ1) is 13.7. The van der Waals surface area contributed by atoms with Gasteiger partial charge in [0.15, 0.2) is 0 Å². The van der Waals surface area contributed by atoms with Crippen molar-refractivity contribution in [1.29, 1.82) is 0 Å². The summed E-state index contributed by atoms with van der Waals surface area (Å²) in [5.74, 6) is 0.214. The number of carbonyl (C=O) groups is 1. The normalized spacial score (nSPS) is 15.0. The summed E-state index contributed by atoms with van der Waals surface area (Å²) in [7, 11) is 1.99. The van der Waals surface area contributed by atoms with Crippen molar-refractivity contribution in [1.82, 2.24) is 24.6 Å². The zero-order chi connectivity index (χ0) is 19.3. The molecule has 0 N–H and O–H groups in total. The van der Waals surface area contributed by atoms with E-state index in [1.807, 2.05) is 59.1 Å². The molecule has 2 aromatic heterocycles. The van der Waals surface area contributed by atoms with E-state index in [0.29, 0.717) is 6.42 Å². The first-order valence-electron chi connectivity index (χ1n) is 9.66. The second kappa shape index (κ2) is 8.35. The largest absolute Gasteiger partial charge is 0.340 e. The van der Waals surface area contributed by atoms with Gasteiger partial charge in [0.2, 0.25) is 5.91 Å². The fourth-order valence-corrected chi connectivity index (χ4v) is 3.58. The second-order valence-corrected chi connectivity index (χ2v) is 7.20. The highest BCUT2D eigenvalue weighted by Crippen LogP contribution is 2.19. The van der Waals surface area contributed by atoms with Crippen LogP contribution in [0.15, 0.2) is 60.9 Å². The molecule has 144 valence electrons. The van der Waals surface area contributed by atoms with Crippen molar-refractivity contribution in [2.45, 2.75) is 13.0 Å². The lowest BCUT2D eigenvalue weighted by Gasteiger charge is -2.34. The number of nitrogens with zero attached hydrogens (tertiary/aromatic N) is 5. The number of hydrogen-bond donors (Lipinski definition) is 0. The fraction of sp³-hybridized carbons (Fsp3) is 0.318. The molecule has 4 rings (SSSR count). The quantitative estimate of drug-likeness (QED) is 0.687. The van der Waals surface area contributed by atoms with Crippen molar-refractivity contribution in [3.05, 3.63) is 72.2 Å². The molecule has 0 saturated carbocycles. The molecule has 0 radical (unpaired) electrons. The highest BCUT2D eigenvalue weighted by Gasteiger charge is 2.22.